The van der Waals surface area contributed by atoms with Crippen LogP contribution >= 0.6 is 0 Å². The number of carbonyl (C=O) groups is 1. The SMILES string of the molecule is CC(C)(C)c1ccc(CN2C(=O)c3ccccc3[C@@]2(O)c2ccccc2)cc1. The summed E-state index contributed by atoms with van der Waals surface area (Å²) in [7, 11) is 0. The van der Waals surface area contributed by atoms with E-state index in [1.165, 1.54) is 5.56 Å². The predicted molar refractivity (Wildman–Crippen MR) is 111 cm³/mol. The van der Waals surface area contributed by atoms with Gasteiger partial charge in [0.2, 0.25) is 0 Å². The van der Waals surface area contributed by atoms with E-state index >= 15 is 0 Å². The maximum atomic E-state index is 13.2. The minimum atomic E-state index is -1.47. The number of benzene rings is 3. The molecule has 1 atom stereocenters. The molecule has 1 amide bonds. The summed E-state index contributed by atoms with van der Waals surface area (Å²) in [6.45, 7) is 6.87. The van der Waals surface area contributed by atoms with Gasteiger partial charge in [-0.3, -0.25) is 9.69 Å². The van der Waals surface area contributed by atoms with Crippen LogP contribution in [0.15, 0.2) is 78.9 Å². The van der Waals surface area contributed by atoms with Crippen LogP contribution in [0.5, 0.6) is 0 Å². The number of rotatable bonds is 3. The molecule has 3 aromatic rings. The van der Waals surface area contributed by atoms with Gasteiger partial charge in [-0.2, -0.15) is 0 Å². The average Bonchev–Trinajstić information content (AvgIpc) is 2.92. The third-order valence-corrected chi connectivity index (χ3v) is 5.51. The smallest absolute Gasteiger partial charge is 0.257 e. The number of hydrogen-bond donors (Lipinski definition) is 1. The molecule has 1 N–H and O–H groups in total. The van der Waals surface area contributed by atoms with Crippen LogP contribution in [-0.2, 0) is 17.7 Å². The lowest BCUT2D eigenvalue weighted by Gasteiger charge is -2.35. The molecule has 0 spiro atoms. The summed E-state index contributed by atoms with van der Waals surface area (Å²) in [5, 5.41) is 11.8. The van der Waals surface area contributed by atoms with Crippen molar-refractivity contribution in [3.63, 3.8) is 0 Å². The summed E-state index contributed by atoms with van der Waals surface area (Å²) in [6.07, 6.45) is 0. The van der Waals surface area contributed by atoms with Gasteiger partial charge in [-0.1, -0.05) is 93.6 Å². The Kier molecular flexibility index (Phi) is 4.35. The predicted octanol–water partition coefficient (Wildman–Crippen LogP) is 4.83. The molecule has 28 heavy (non-hydrogen) atoms. The molecular formula is C25H25NO2. The van der Waals surface area contributed by atoms with E-state index in [-0.39, 0.29) is 11.3 Å². The number of aliphatic hydroxyl groups is 1. The van der Waals surface area contributed by atoms with Crippen LogP contribution in [0.1, 0.15) is 53.4 Å². The lowest BCUT2D eigenvalue weighted by atomic mass is 9.86. The second-order valence-electron chi connectivity index (χ2n) is 8.42. The average molecular weight is 371 g/mol. The second-order valence-corrected chi connectivity index (χ2v) is 8.42. The molecule has 1 aliphatic rings. The van der Waals surface area contributed by atoms with Crippen LogP contribution in [0.3, 0.4) is 0 Å². The lowest BCUT2D eigenvalue weighted by molar-refractivity contribution is -0.0542. The summed E-state index contributed by atoms with van der Waals surface area (Å²) in [5.41, 5.74) is 2.71. The van der Waals surface area contributed by atoms with Crippen molar-refractivity contribution in [2.24, 2.45) is 0 Å². The third-order valence-electron chi connectivity index (χ3n) is 5.51. The third kappa shape index (κ3) is 2.92. The largest absolute Gasteiger partial charge is 0.363 e. The van der Waals surface area contributed by atoms with Gasteiger partial charge in [0.1, 0.15) is 0 Å². The molecule has 0 saturated carbocycles. The first kappa shape index (κ1) is 18.5. The monoisotopic (exact) mass is 371 g/mol. The van der Waals surface area contributed by atoms with Crippen LogP contribution in [0, 0.1) is 0 Å². The molecule has 0 aliphatic carbocycles. The molecule has 3 nitrogen and oxygen atoms in total. The molecule has 142 valence electrons. The maximum Gasteiger partial charge on any atom is 0.257 e. The number of fused-ring (bicyclic) bond motifs is 1. The van der Waals surface area contributed by atoms with E-state index in [1.807, 2.05) is 60.7 Å². The molecule has 0 saturated heterocycles. The molecule has 1 heterocycles. The first-order chi connectivity index (χ1) is 13.3. The van der Waals surface area contributed by atoms with Crippen molar-refractivity contribution in [2.75, 3.05) is 0 Å². The van der Waals surface area contributed by atoms with Crippen molar-refractivity contribution >= 4 is 5.91 Å². The van der Waals surface area contributed by atoms with Gasteiger partial charge in [-0.25, -0.2) is 0 Å². The van der Waals surface area contributed by atoms with Crippen molar-refractivity contribution < 1.29 is 9.90 Å². The Morgan fingerprint density at radius 3 is 2.11 bits per heavy atom. The highest BCUT2D eigenvalue weighted by atomic mass is 16.3. The van der Waals surface area contributed by atoms with Crippen molar-refractivity contribution in [1.82, 2.24) is 4.90 Å². The molecular weight excluding hydrogens is 346 g/mol. The Hall–Kier alpha value is -2.91. The zero-order chi connectivity index (χ0) is 19.9. The molecule has 3 heteroatoms. The quantitative estimate of drug-likeness (QED) is 0.716. The number of carbonyl (C=O) groups excluding carboxylic acids is 1. The van der Waals surface area contributed by atoms with E-state index in [0.717, 1.165) is 5.56 Å². The highest BCUT2D eigenvalue weighted by Gasteiger charge is 2.49. The fourth-order valence-electron chi connectivity index (χ4n) is 3.87. The Bertz CT molecular complexity index is 1000. The van der Waals surface area contributed by atoms with Gasteiger partial charge in [0, 0.05) is 23.2 Å². The van der Waals surface area contributed by atoms with E-state index in [1.54, 1.807) is 11.0 Å². The van der Waals surface area contributed by atoms with Gasteiger partial charge in [0.15, 0.2) is 5.72 Å². The molecule has 0 radical (unpaired) electrons. The molecule has 0 aromatic heterocycles. The standard InChI is InChI=1S/C25H25NO2/c1-24(2,3)19-15-13-18(14-16-19)17-26-23(27)21-11-7-8-12-22(21)25(26,28)20-9-5-4-6-10-20/h4-16,28H,17H2,1-3H3/t25-/m0/s1. The topological polar surface area (TPSA) is 40.5 Å². The molecule has 0 bridgehead atoms. The Morgan fingerprint density at radius 2 is 1.46 bits per heavy atom. The van der Waals surface area contributed by atoms with Crippen LogP contribution < -0.4 is 0 Å². The number of nitrogens with zero attached hydrogens (tertiary/aromatic N) is 1. The van der Waals surface area contributed by atoms with Crippen LogP contribution in [0.2, 0.25) is 0 Å². The normalized spacial score (nSPS) is 19.0. The minimum Gasteiger partial charge on any atom is -0.363 e. The summed E-state index contributed by atoms with van der Waals surface area (Å²) < 4.78 is 0. The first-order valence-corrected chi connectivity index (χ1v) is 9.60. The second kappa shape index (κ2) is 6.61. The first-order valence-electron chi connectivity index (χ1n) is 9.60. The van der Waals surface area contributed by atoms with Crippen molar-refractivity contribution in [1.29, 1.82) is 0 Å². The molecule has 0 unspecified atom stereocenters. The fourth-order valence-corrected chi connectivity index (χ4v) is 3.87. The highest BCUT2D eigenvalue weighted by molar-refractivity contribution is 6.00. The summed E-state index contributed by atoms with van der Waals surface area (Å²) in [5.74, 6) is -0.151. The van der Waals surface area contributed by atoms with Crippen molar-refractivity contribution in [3.8, 4) is 0 Å². The summed E-state index contributed by atoms with van der Waals surface area (Å²) >= 11 is 0. The van der Waals surface area contributed by atoms with E-state index in [0.29, 0.717) is 23.2 Å². The van der Waals surface area contributed by atoms with Gasteiger partial charge in [-0.05, 0) is 22.6 Å². The van der Waals surface area contributed by atoms with E-state index in [4.69, 9.17) is 0 Å². The van der Waals surface area contributed by atoms with Gasteiger partial charge >= 0.3 is 0 Å². The van der Waals surface area contributed by atoms with Gasteiger partial charge in [0.25, 0.3) is 5.91 Å². The van der Waals surface area contributed by atoms with E-state index in [2.05, 4.69) is 32.9 Å². The number of hydrogen-bond acceptors (Lipinski definition) is 2. The Morgan fingerprint density at radius 1 is 0.857 bits per heavy atom. The van der Waals surface area contributed by atoms with Crippen molar-refractivity contribution in [2.45, 2.75) is 38.5 Å². The van der Waals surface area contributed by atoms with Crippen LogP contribution in [-0.4, -0.2) is 15.9 Å². The van der Waals surface area contributed by atoms with E-state index in [9.17, 15) is 9.90 Å². The van der Waals surface area contributed by atoms with Gasteiger partial charge in [0.05, 0.1) is 0 Å². The van der Waals surface area contributed by atoms with Gasteiger partial charge in [-0.15, -0.1) is 0 Å². The summed E-state index contributed by atoms with van der Waals surface area (Å²) in [6, 6.07) is 25.0. The fraction of sp³-hybridized carbons (Fsp3) is 0.240. The lowest BCUT2D eigenvalue weighted by Crippen LogP contribution is -2.44. The molecule has 1 aliphatic heterocycles. The molecule has 0 fully saturated rings. The summed E-state index contributed by atoms with van der Waals surface area (Å²) in [4.78, 5) is 14.8. The highest BCUT2D eigenvalue weighted by Crippen LogP contribution is 2.43. The zero-order valence-corrected chi connectivity index (χ0v) is 16.5. The van der Waals surface area contributed by atoms with Crippen LogP contribution in [0.25, 0.3) is 0 Å². The Balaban J connectivity index is 1.76. The van der Waals surface area contributed by atoms with Crippen molar-refractivity contribution in [3.05, 3.63) is 107 Å². The molecule has 4 rings (SSSR count). The number of amides is 1. The van der Waals surface area contributed by atoms with Crippen LogP contribution in [0.4, 0.5) is 0 Å². The molecule has 3 aromatic carbocycles. The Labute approximate surface area is 166 Å². The minimum absolute atomic E-state index is 0.0724. The van der Waals surface area contributed by atoms with E-state index < -0.39 is 5.72 Å². The maximum absolute atomic E-state index is 13.2. The zero-order valence-electron chi connectivity index (χ0n) is 16.5. The van der Waals surface area contributed by atoms with Gasteiger partial charge < -0.3 is 5.11 Å².